The number of hydrogen-bond acceptors (Lipinski definition) is 6. The number of anilines is 2. The smallest absolute Gasteiger partial charge is 0.134 e. The lowest BCUT2D eigenvalue weighted by Gasteiger charge is -2.27. The standard InChI is InChI=1S/C10H13N5O/c11-1-2-12-9-7-10(14-8-13-9)15-3-5-16-6-4-15/h7-8H,2-6H2,(H,12,13,14). The second kappa shape index (κ2) is 5.28. The van der Waals surface area contributed by atoms with Crippen molar-refractivity contribution in [3.8, 4) is 6.07 Å². The van der Waals surface area contributed by atoms with Crippen LogP contribution in [0.5, 0.6) is 0 Å². The van der Waals surface area contributed by atoms with Crippen molar-refractivity contribution in [3.63, 3.8) is 0 Å². The Morgan fingerprint density at radius 3 is 3.00 bits per heavy atom. The second-order valence-electron chi connectivity index (χ2n) is 3.37. The van der Waals surface area contributed by atoms with Crippen molar-refractivity contribution in [3.05, 3.63) is 12.4 Å². The van der Waals surface area contributed by atoms with Gasteiger partial charge >= 0.3 is 0 Å². The summed E-state index contributed by atoms with van der Waals surface area (Å²) < 4.78 is 5.27. The van der Waals surface area contributed by atoms with E-state index in [1.54, 1.807) is 0 Å². The molecule has 0 atom stereocenters. The number of nitriles is 1. The molecular weight excluding hydrogens is 206 g/mol. The van der Waals surface area contributed by atoms with Crippen LogP contribution in [0.4, 0.5) is 11.6 Å². The van der Waals surface area contributed by atoms with Gasteiger partial charge in [0.2, 0.25) is 0 Å². The first-order chi connectivity index (χ1) is 7.90. The molecule has 0 unspecified atom stereocenters. The van der Waals surface area contributed by atoms with E-state index in [0.29, 0.717) is 5.82 Å². The molecule has 1 aliphatic rings. The van der Waals surface area contributed by atoms with Crippen LogP contribution < -0.4 is 10.2 Å². The number of rotatable bonds is 3. The van der Waals surface area contributed by atoms with Gasteiger partial charge < -0.3 is 15.0 Å². The molecule has 16 heavy (non-hydrogen) atoms. The highest BCUT2D eigenvalue weighted by Crippen LogP contribution is 2.14. The van der Waals surface area contributed by atoms with Gasteiger partial charge in [-0.05, 0) is 0 Å². The molecular formula is C10H13N5O. The highest BCUT2D eigenvalue weighted by Gasteiger charge is 2.12. The van der Waals surface area contributed by atoms with Gasteiger partial charge in [0.25, 0.3) is 0 Å². The molecule has 1 N–H and O–H groups in total. The van der Waals surface area contributed by atoms with Crippen molar-refractivity contribution in [1.82, 2.24) is 9.97 Å². The molecule has 1 aliphatic heterocycles. The molecule has 0 bridgehead atoms. The number of nitrogens with zero attached hydrogens (tertiary/aromatic N) is 4. The van der Waals surface area contributed by atoms with E-state index in [4.69, 9.17) is 10.00 Å². The summed E-state index contributed by atoms with van der Waals surface area (Å²) in [6, 6.07) is 3.86. The molecule has 1 aromatic heterocycles. The van der Waals surface area contributed by atoms with E-state index in [-0.39, 0.29) is 6.54 Å². The maximum atomic E-state index is 8.46. The minimum atomic E-state index is 0.250. The minimum absolute atomic E-state index is 0.250. The van der Waals surface area contributed by atoms with E-state index in [0.717, 1.165) is 32.1 Å². The Hall–Kier alpha value is -1.87. The second-order valence-corrected chi connectivity index (χ2v) is 3.37. The molecule has 6 nitrogen and oxygen atoms in total. The molecule has 1 aromatic rings. The summed E-state index contributed by atoms with van der Waals surface area (Å²) in [6.45, 7) is 3.39. The van der Waals surface area contributed by atoms with Crippen LogP contribution in [-0.4, -0.2) is 42.8 Å². The van der Waals surface area contributed by atoms with Crippen LogP contribution in [0.1, 0.15) is 0 Å². The van der Waals surface area contributed by atoms with E-state index < -0.39 is 0 Å². The van der Waals surface area contributed by atoms with Crippen molar-refractivity contribution in [1.29, 1.82) is 5.26 Å². The van der Waals surface area contributed by atoms with Crippen LogP contribution in [-0.2, 0) is 4.74 Å². The zero-order valence-electron chi connectivity index (χ0n) is 8.89. The molecule has 84 valence electrons. The summed E-state index contributed by atoms with van der Waals surface area (Å²) in [5, 5.41) is 11.4. The number of nitrogens with one attached hydrogen (secondary N) is 1. The van der Waals surface area contributed by atoms with Crippen molar-refractivity contribution >= 4 is 11.6 Å². The Morgan fingerprint density at radius 2 is 2.25 bits per heavy atom. The van der Waals surface area contributed by atoms with Gasteiger partial charge in [0, 0.05) is 19.2 Å². The summed E-state index contributed by atoms with van der Waals surface area (Å²) in [4.78, 5) is 10.4. The molecule has 0 amide bonds. The van der Waals surface area contributed by atoms with Crippen LogP contribution in [0.25, 0.3) is 0 Å². The van der Waals surface area contributed by atoms with Gasteiger partial charge in [0.15, 0.2) is 0 Å². The maximum absolute atomic E-state index is 8.46. The minimum Gasteiger partial charge on any atom is -0.378 e. The first-order valence-corrected chi connectivity index (χ1v) is 5.16. The van der Waals surface area contributed by atoms with Gasteiger partial charge in [0.1, 0.15) is 24.5 Å². The van der Waals surface area contributed by atoms with Crippen molar-refractivity contribution < 1.29 is 4.74 Å². The highest BCUT2D eigenvalue weighted by atomic mass is 16.5. The summed E-state index contributed by atoms with van der Waals surface area (Å²) in [5.41, 5.74) is 0. The van der Waals surface area contributed by atoms with Crippen LogP contribution in [0.2, 0.25) is 0 Å². The van der Waals surface area contributed by atoms with Crippen LogP contribution in [0.3, 0.4) is 0 Å². The zero-order valence-corrected chi connectivity index (χ0v) is 8.89. The first-order valence-electron chi connectivity index (χ1n) is 5.16. The maximum Gasteiger partial charge on any atom is 0.134 e. The topological polar surface area (TPSA) is 74.1 Å². The zero-order chi connectivity index (χ0) is 11.2. The molecule has 1 fully saturated rings. The Balaban J connectivity index is 2.06. The largest absolute Gasteiger partial charge is 0.378 e. The summed E-state index contributed by atoms with van der Waals surface area (Å²) in [6.07, 6.45) is 1.50. The molecule has 6 heteroatoms. The van der Waals surface area contributed by atoms with Gasteiger partial charge in [-0.25, -0.2) is 9.97 Å². The molecule has 2 heterocycles. The van der Waals surface area contributed by atoms with Crippen LogP contribution in [0, 0.1) is 11.3 Å². The van der Waals surface area contributed by atoms with E-state index in [9.17, 15) is 0 Å². The highest BCUT2D eigenvalue weighted by molar-refractivity contribution is 5.48. The Labute approximate surface area is 93.9 Å². The van der Waals surface area contributed by atoms with Crippen molar-refractivity contribution in [2.75, 3.05) is 43.1 Å². The lowest BCUT2D eigenvalue weighted by atomic mass is 10.4. The molecule has 0 saturated carbocycles. The molecule has 2 rings (SSSR count). The summed E-state index contributed by atoms with van der Waals surface area (Å²) in [5.74, 6) is 1.55. The average molecular weight is 219 g/mol. The van der Waals surface area contributed by atoms with Gasteiger partial charge in [-0.3, -0.25) is 0 Å². The lowest BCUT2D eigenvalue weighted by molar-refractivity contribution is 0.122. The Bertz CT molecular complexity index is 383. The molecule has 0 spiro atoms. The Morgan fingerprint density at radius 1 is 1.44 bits per heavy atom. The van der Waals surface area contributed by atoms with E-state index >= 15 is 0 Å². The molecule has 0 aliphatic carbocycles. The third-order valence-electron chi connectivity index (χ3n) is 2.34. The predicted molar refractivity (Wildman–Crippen MR) is 59.2 cm³/mol. The number of morpholine rings is 1. The van der Waals surface area contributed by atoms with Gasteiger partial charge in [-0.15, -0.1) is 0 Å². The van der Waals surface area contributed by atoms with Gasteiger partial charge in [-0.2, -0.15) is 5.26 Å². The van der Waals surface area contributed by atoms with E-state index in [2.05, 4.69) is 20.2 Å². The number of aromatic nitrogens is 2. The fraction of sp³-hybridized carbons (Fsp3) is 0.500. The SMILES string of the molecule is N#CCNc1cc(N2CCOCC2)ncn1. The summed E-state index contributed by atoms with van der Waals surface area (Å²) >= 11 is 0. The van der Waals surface area contributed by atoms with Crippen molar-refractivity contribution in [2.24, 2.45) is 0 Å². The van der Waals surface area contributed by atoms with Crippen molar-refractivity contribution in [2.45, 2.75) is 0 Å². The molecule has 1 saturated heterocycles. The number of hydrogen-bond donors (Lipinski definition) is 1. The summed E-state index contributed by atoms with van der Waals surface area (Å²) in [7, 11) is 0. The fourth-order valence-corrected chi connectivity index (χ4v) is 1.54. The predicted octanol–water partition coefficient (Wildman–Crippen LogP) is 0.249. The van der Waals surface area contributed by atoms with Crippen LogP contribution in [0.15, 0.2) is 12.4 Å². The molecule has 0 aromatic carbocycles. The Kier molecular flexibility index (Phi) is 3.51. The average Bonchev–Trinajstić information content (AvgIpc) is 2.38. The third kappa shape index (κ3) is 2.58. The third-order valence-corrected chi connectivity index (χ3v) is 2.34. The number of ether oxygens (including phenoxy) is 1. The normalized spacial score (nSPS) is 15.6. The fourth-order valence-electron chi connectivity index (χ4n) is 1.54. The quantitative estimate of drug-likeness (QED) is 0.734. The first kappa shape index (κ1) is 10.6. The molecule has 0 radical (unpaired) electrons. The van der Waals surface area contributed by atoms with Gasteiger partial charge in [-0.1, -0.05) is 0 Å². The van der Waals surface area contributed by atoms with Crippen LogP contribution >= 0.6 is 0 Å². The van der Waals surface area contributed by atoms with Gasteiger partial charge in [0.05, 0.1) is 19.3 Å². The lowest BCUT2D eigenvalue weighted by Crippen LogP contribution is -2.36. The van der Waals surface area contributed by atoms with E-state index in [1.165, 1.54) is 6.33 Å². The van der Waals surface area contributed by atoms with E-state index in [1.807, 2.05) is 12.1 Å². The monoisotopic (exact) mass is 219 g/mol.